The molecule has 3 rings (SSSR count). The van der Waals surface area contributed by atoms with Crippen molar-refractivity contribution in [3.63, 3.8) is 0 Å². The van der Waals surface area contributed by atoms with Gasteiger partial charge in [-0.15, -0.1) is 11.3 Å². The zero-order valence-corrected chi connectivity index (χ0v) is 14.0. The summed E-state index contributed by atoms with van der Waals surface area (Å²) in [7, 11) is 5.42. The number of rotatable bonds is 4. The van der Waals surface area contributed by atoms with E-state index in [1.807, 2.05) is 36.5 Å². The fourth-order valence-electron chi connectivity index (χ4n) is 2.30. The largest absolute Gasteiger partial charge is 0.332 e. The normalized spacial score (nSPS) is 11.5. The van der Waals surface area contributed by atoms with E-state index in [4.69, 9.17) is 0 Å². The maximum Gasteiger partial charge on any atom is 0.332 e. The number of aromatic nitrogens is 4. The third kappa shape index (κ3) is 2.82. The number of likely N-dealkylation sites (N-methyl/N-ethyl adjacent to an activating group) is 1. The number of hydrogen-bond acceptors (Lipinski definition) is 6. The van der Waals surface area contributed by atoms with Crippen molar-refractivity contribution in [2.75, 3.05) is 20.6 Å². The third-order valence-electron chi connectivity index (χ3n) is 3.59. The predicted molar refractivity (Wildman–Crippen MR) is 90.9 cm³/mol. The summed E-state index contributed by atoms with van der Waals surface area (Å²) < 4.78 is 2.64. The molecule has 0 saturated heterocycles. The van der Waals surface area contributed by atoms with Gasteiger partial charge in [-0.3, -0.25) is 13.9 Å². The maximum atomic E-state index is 12.6. The molecule has 7 nitrogen and oxygen atoms in total. The number of hydrogen-bond donors (Lipinski definition) is 0. The molecule has 0 saturated carbocycles. The average molecular weight is 331 g/mol. The summed E-state index contributed by atoms with van der Waals surface area (Å²) >= 11 is 1.51. The van der Waals surface area contributed by atoms with Crippen LogP contribution in [0.2, 0.25) is 0 Å². The van der Waals surface area contributed by atoms with Gasteiger partial charge in [-0.25, -0.2) is 14.8 Å². The molecule has 0 bridgehead atoms. The van der Waals surface area contributed by atoms with Crippen molar-refractivity contribution in [1.29, 1.82) is 0 Å². The highest BCUT2D eigenvalue weighted by Crippen LogP contribution is 2.21. The van der Waals surface area contributed by atoms with Crippen LogP contribution in [0, 0.1) is 0 Å². The van der Waals surface area contributed by atoms with E-state index in [0.717, 1.165) is 4.88 Å². The molecule has 0 radical (unpaired) electrons. The van der Waals surface area contributed by atoms with Gasteiger partial charge in [-0.1, -0.05) is 6.07 Å². The van der Waals surface area contributed by atoms with Gasteiger partial charge in [-0.05, 0) is 25.5 Å². The molecule has 23 heavy (non-hydrogen) atoms. The Bertz CT molecular complexity index is 956. The van der Waals surface area contributed by atoms with Crippen LogP contribution < -0.4 is 11.2 Å². The van der Waals surface area contributed by atoms with Gasteiger partial charge in [0.2, 0.25) is 0 Å². The van der Waals surface area contributed by atoms with Gasteiger partial charge < -0.3 is 4.90 Å². The lowest BCUT2D eigenvalue weighted by molar-refractivity contribution is 0.375. The van der Waals surface area contributed by atoms with Crippen LogP contribution >= 0.6 is 11.3 Å². The molecule has 0 aromatic carbocycles. The van der Waals surface area contributed by atoms with Crippen LogP contribution in [0.1, 0.15) is 0 Å². The van der Waals surface area contributed by atoms with E-state index in [9.17, 15) is 9.59 Å². The van der Waals surface area contributed by atoms with E-state index >= 15 is 0 Å². The lowest BCUT2D eigenvalue weighted by Gasteiger charge is -2.13. The van der Waals surface area contributed by atoms with Crippen molar-refractivity contribution in [3.05, 3.63) is 44.5 Å². The fourth-order valence-corrected chi connectivity index (χ4v) is 2.97. The van der Waals surface area contributed by atoms with Crippen molar-refractivity contribution >= 4 is 22.4 Å². The molecule has 0 unspecified atom stereocenters. The van der Waals surface area contributed by atoms with Gasteiger partial charge in [-0.2, -0.15) is 0 Å². The lowest BCUT2D eigenvalue weighted by atomic mass is 10.3. The third-order valence-corrected chi connectivity index (χ3v) is 4.46. The molecule has 0 aliphatic rings. The lowest BCUT2D eigenvalue weighted by Crippen LogP contribution is -2.41. The van der Waals surface area contributed by atoms with E-state index in [0.29, 0.717) is 29.9 Å². The van der Waals surface area contributed by atoms with Crippen molar-refractivity contribution in [3.8, 4) is 10.7 Å². The maximum absolute atomic E-state index is 12.6. The Balaban J connectivity index is 2.20. The molecule has 8 heteroatoms. The summed E-state index contributed by atoms with van der Waals surface area (Å²) in [6.45, 7) is 0.940. The molecular formula is C15H17N5O2S. The number of aryl methyl sites for hydroxylation is 1. The summed E-state index contributed by atoms with van der Waals surface area (Å²) in [5, 5.41) is 2.28. The molecule has 0 aliphatic carbocycles. The molecule has 3 aromatic rings. The molecule has 0 amide bonds. The van der Waals surface area contributed by atoms with Crippen LogP contribution in [-0.4, -0.2) is 44.6 Å². The quantitative estimate of drug-likeness (QED) is 0.706. The molecule has 0 fully saturated rings. The minimum atomic E-state index is -0.361. The summed E-state index contributed by atoms with van der Waals surface area (Å²) in [6, 6.07) is 3.81. The molecular weight excluding hydrogens is 314 g/mol. The predicted octanol–water partition coefficient (Wildman–Crippen LogP) is 0.780. The van der Waals surface area contributed by atoms with Crippen LogP contribution in [0.25, 0.3) is 21.7 Å². The Morgan fingerprint density at radius 1 is 1.30 bits per heavy atom. The first-order valence-electron chi connectivity index (χ1n) is 7.14. The Hall–Kier alpha value is -2.32. The second-order valence-corrected chi connectivity index (χ2v) is 6.46. The number of thiophene rings is 1. The van der Waals surface area contributed by atoms with E-state index < -0.39 is 0 Å². The number of fused-ring (bicyclic) bond motifs is 1. The zero-order valence-electron chi connectivity index (χ0n) is 13.2. The SMILES string of the molecule is CN(C)CCn1c(=O)c2cnc(-c3cccs3)nc2n(C)c1=O. The van der Waals surface area contributed by atoms with Gasteiger partial charge in [0.05, 0.1) is 4.88 Å². The van der Waals surface area contributed by atoms with Crippen molar-refractivity contribution in [2.24, 2.45) is 7.05 Å². The molecule has 120 valence electrons. The molecule has 3 aromatic heterocycles. The van der Waals surface area contributed by atoms with Crippen molar-refractivity contribution in [1.82, 2.24) is 24.0 Å². The van der Waals surface area contributed by atoms with Gasteiger partial charge in [0, 0.05) is 26.3 Å². The molecule has 0 atom stereocenters. The Morgan fingerprint density at radius 3 is 2.74 bits per heavy atom. The highest BCUT2D eigenvalue weighted by Gasteiger charge is 2.14. The van der Waals surface area contributed by atoms with Crippen LogP contribution in [0.15, 0.2) is 33.3 Å². The van der Waals surface area contributed by atoms with E-state index in [2.05, 4.69) is 9.97 Å². The van der Waals surface area contributed by atoms with E-state index in [1.165, 1.54) is 26.7 Å². The number of nitrogens with zero attached hydrogens (tertiary/aromatic N) is 5. The van der Waals surface area contributed by atoms with Gasteiger partial charge in [0.1, 0.15) is 5.39 Å². The molecule has 0 aliphatic heterocycles. The minimum absolute atomic E-state index is 0.334. The standard InChI is InChI=1S/C15H17N5O2S/c1-18(2)6-7-20-14(21)10-9-16-12(11-5-4-8-23-11)17-13(10)19(3)15(20)22/h4-5,8-9H,6-7H2,1-3H3. The summed E-state index contributed by atoms with van der Waals surface area (Å²) in [4.78, 5) is 36.5. The first-order valence-corrected chi connectivity index (χ1v) is 8.02. The highest BCUT2D eigenvalue weighted by atomic mass is 32.1. The van der Waals surface area contributed by atoms with Crippen LogP contribution in [0.4, 0.5) is 0 Å². The van der Waals surface area contributed by atoms with E-state index in [1.54, 1.807) is 7.05 Å². The first-order chi connectivity index (χ1) is 11.0. The Kier molecular flexibility index (Phi) is 4.10. The summed E-state index contributed by atoms with van der Waals surface area (Å²) in [5.74, 6) is 0.521. The highest BCUT2D eigenvalue weighted by molar-refractivity contribution is 7.13. The molecule has 3 heterocycles. The van der Waals surface area contributed by atoms with Crippen molar-refractivity contribution in [2.45, 2.75) is 6.54 Å². The van der Waals surface area contributed by atoms with Gasteiger partial charge in [0.15, 0.2) is 11.5 Å². The zero-order chi connectivity index (χ0) is 16.6. The monoisotopic (exact) mass is 331 g/mol. The molecule has 0 N–H and O–H groups in total. The second-order valence-electron chi connectivity index (χ2n) is 5.51. The van der Waals surface area contributed by atoms with Gasteiger partial charge in [0.25, 0.3) is 5.56 Å². The minimum Gasteiger partial charge on any atom is -0.308 e. The Labute approximate surface area is 136 Å². The van der Waals surface area contributed by atoms with Crippen LogP contribution in [0.3, 0.4) is 0 Å². The van der Waals surface area contributed by atoms with E-state index in [-0.39, 0.29) is 11.2 Å². The molecule has 0 spiro atoms. The van der Waals surface area contributed by atoms with Crippen LogP contribution in [0.5, 0.6) is 0 Å². The Morgan fingerprint density at radius 2 is 2.09 bits per heavy atom. The van der Waals surface area contributed by atoms with Gasteiger partial charge >= 0.3 is 5.69 Å². The van der Waals surface area contributed by atoms with Crippen molar-refractivity contribution < 1.29 is 0 Å². The second kappa shape index (κ2) is 6.05. The topological polar surface area (TPSA) is 73.0 Å². The average Bonchev–Trinajstić information content (AvgIpc) is 3.06. The first kappa shape index (κ1) is 15.6. The van der Waals surface area contributed by atoms with Crippen LogP contribution in [-0.2, 0) is 13.6 Å². The smallest absolute Gasteiger partial charge is 0.308 e. The summed E-state index contributed by atoms with van der Waals surface area (Å²) in [5.41, 5.74) is -0.345. The summed E-state index contributed by atoms with van der Waals surface area (Å²) in [6.07, 6.45) is 1.51. The fraction of sp³-hybridized carbons (Fsp3) is 0.333.